The maximum atomic E-state index is 13.4. The molecule has 2 aromatic carbocycles. The van der Waals surface area contributed by atoms with Crippen molar-refractivity contribution >= 4 is 5.78 Å². The number of carbonyl (C=O) groups excluding carboxylic acids is 1. The maximum Gasteiger partial charge on any atom is 0.147 e. The van der Waals surface area contributed by atoms with E-state index in [9.17, 15) is 15.0 Å². The van der Waals surface area contributed by atoms with E-state index in [2.05, 4.69) is 53.7 Å². The van der Waals surface area contributed by atoms with Crippen molar-refractivity contribution in [3.63, 3.8) is 0 Å². The van der Waals surface area contributed by atoms with E-state index in [1.54, 1.807) is 0 Å². The standard InChI is InChI=1S/C27H38O3/c1-17(21-9-19(15-28)11-23(13-21)26(3,4)5)25(30)18(2)22-10-20(16-29)12-24(14-22)27(6,7)8/h9-14,17-18,28-29H,15-16H2,1-8H3. The van der Waals surface area contributed by atoms with Gasteiger partial charge in [0.1, 0.15) is 5.78 Å². The molecule has 3 heteroatoms. The van der Waals surface area contributed by atoms with Crippen LogP contribution in [-0.4, -0.2) is 16.0 Å². The number of hydrogen-bond donors (Lipinski definition) is 2. The largest absolute Gasteiger partial charge is 0.392 e. The molecule has 0 aromatic heterocycles. The van der Waals surface area contributed by atoms with Crippen molar-refractivity contribution in [1.29, 1.82) is 0 Å². The van der Waals surface area contributed by atoms with Gasteiger partial charge in [0, 0.05) is 11.8 Å². The van der Waals surface area contributed by atoms with Crippen LogP contribution in [0.15, 0.2) is 36.4 Å². The molecular weight excluding hydrogens is 372 g/mol. The molecule has 2 aromatic rings. The van der Waals surface area contributed by atoms with Crippen molar-refractivity contribution in [2.75, 3.05) is 0 Å². The summed E-state index contributed by atoms with van der Waals surface area (Å²) in [5.74, 6) is -0.438. The Bertz CT molecular complexity index is 824. The molecule has 0 heterocycles. The van der Waals surface area contributed by atoms with Crippen LogP contribution in [0, 0.1) is 0 Å². The summed E-state index contributed by atoms with van der Waals surface area (Å²) in [5, 5.41) is 19.4. The molecule has 2 rings (SSSR count). The predicted octanol–water partition coefficient (Wildman–Crippen LogP) is 5.74. The Hall–Kier alpha value is -1.97. The number of benzene rings is 2. The van der Waals surface area contributed by atoms with E-state index < -0.39 is 0 Å². The quantitative estimate of drug-likeness (QED) is 0.638. The SMILES string of the molecule is CC(C(=O)C(C)c1cc(CO)cc(C(C)(C)C)c1)c1cc(CO)cc(C(C)(C)C)c1. The average molecular weight is 411 g/mol. The van der Waals surface area contributed by atoms with Gasteiger partial charge in [-0.15, -0.1) is 0 Å². The minimum atomic E-state index is -0.288. The Balaban J connectivity index is 2.44. The summed E-state index contributed by atoms with van der Waals surface area (Å²) in [7, 11) is 0. The first kappa shape index (κ1) is 24.3. The Morgan fingerprint density at radius 1 is 0.700 bits per heavy atom. The number of hydrogen-bond acceptors (Lipinski definition) is 3. The molecule has 0 saturated heterocycles. The van der Waals surface area contributed by atoms with E-state index in [4.69, 9.17) is 0 Å². The van der Waals surface area contributed by atoms with Crippen LogP contribution in [0.3, 0.4) is 0 Å². The van der Waals surface area contributed by atoms with Gasteiger partial charge in [-0.2, -0.15) is 0 Å². The Morgan fingerprint density at radius 3 is 1.30 bits per heavy atom. The fourth-order valence-corrected chi connectivity index (χ4v) is 3.69. The van der Waals surface area contributed by atoms with Crippen molar-refractivity contribution in [3.8, 4) is 0 Å². The molecule has 0 aliphatic carbocycles. The van der Waals surface area contributed by atoms with Crippen molar-refractivity contribution in [3.05, 3.63) is 69.8 Å². The minimum absolute atomic E-state index is 0.0408. The fourth-order valence-electron chi connectivity index (χ4n) is 3.69. The zero-order valence-electron chi connectivity index (χ0n) is 19.8. The van der Waals surface area contributed by atoms with E-state index in [1.165, 1.54) is 0 Å². The predicted molar refractivity (Wildman–Crippen MR) is 124 cm³/mol. The van der Waals surface area contributed by atoms with Gasteiger partial charge in [0.2, 0.25) is 0 Å². The maximum absolute atomic E-state index is 13.4. The summed E-state index contributed by atoms with van der Waals surface area (Å²) >= 11 is 0. The van der Waals surface area contributed by atoms with Crippen LogP contribution >= 0.6 is 0 Å². The van der Waals surface area contributed by atoms with Crippen LogP contribution in [0.2, 0.25) is 0 Å². The lowest BCUT2D eigenvalue weighted by molar-refractivity contribution is -0.121. The van der Waals surface area contributed by atoms with Gasteiger partial charge in [0.15, 0.2) is 0 Å². The van der Waals surface area contributed by atoms with Gasteiger partial charge < -0.3 is 10.2 Å². The summed E-state index contributed by atoms with van der Waals surface area (Å²) in [5.41, 5.74) is 5.67. The van der Waals surface area contributed by atoms with Crippen molar-refractivity contribution in [2.24, 2.45) is 0 Å². The van der Waals surface area contributed by atoms with Gasteiger partial charge >= 0.3 is 0 Å². The van der Waals surface area contributed by atoms with Gasteiger partial charge in [-0.1, -0.05) is 91.8 Å². The molecule has 2 unspecified atom stereocenters. The first-order valence-electron chi connectivity index (χ1n) is 10.8. The molecule has 2 N–H and O–H groups in total. The highest BCUT2D eigenvalue weighted by Crippen LogP contribution is 2.33. The first-order valence-corrected chi connectivity index (χ1v) is 10.8. The van der Waals surface area contributed by atoms with Crippen LogP contribution < -0.4 is 0 Å². The summed E-state index contributed by atoms with van der Waals surface area (Å²) in [6, 6.07) is 12.1. The van der Waals surface area contributed by atoms with Crippen molar-refractivity contribution in [1.82, 2.24) is 0 Å². The first-order chi connectivity index (χ1) is 13.8. The van der Waals surface area contributed by atoms with E-state index in [-0.39, 0.29) is 41.7 Å². The Kier molecular flexibility index (Phi) is 7.32. The smallest absolute Gasteiger partial charge is 0.147 e. The van der Waals surface area contributed by atoms with Crippen LogP contribution in [0.25, 0.3) is 0 Å². The molecule has 0 amide bonds. The topological polar surface area (TPSA) is 57.5 Å². The Labute approximate surface area is 182 Å². The van der Waals surface area contributed by atoms with Gasteiger partial charge in [-0.05, 0) is 44.2 Å². The molecule has 2 atom stereocenters. The minimum Gasteiger partial charge on any atom is -0.392 e. The van der Waals surface area contributed by atoms with E-state index in [0.717, 1.165) is 33.4 Å². The van der Waals surface area contributed by atoms with Gasteiger partial charge in [-0.25, -0.2) is 0 Å². The molecule has 0 fully saturated rings. The highest BCUT2D eigenvalue weighted by atomic mass is 16.3. The molecular formula is C27H38O3. The van der Waals surface area contributed by atoms with Gasteiger partial charge in [-0.3, -0.25) is 4.79 Å². The monoisotopic (exact) mass is 410 g/mol. The summed E-state index contributed by atoms with van der Waals surface area (Å²) in [4.78, 5) is 13.4. The number of aliphatic hydroxyl groups is 2. The lowest BCUT2D eigenvalue weighted by atomic mass is 9.79. The van der Waals surface area contributed by atoms with Crippen LogP contribution in [-0.2, 0) is 28.8 Å². The highest BCUT2D eigenvalue weighted by molar-refractivity contribution is 5.91. The summed E-state index contributed by atoms with van der Waals surface area (Å²) in [6.45, 7) is 16.6. The lowest BCUT2D eigenvalue weighted by Crippen LogP contribution is -2.20. The number of rotatable bonds is 6. The molecule has 0 aliphatic heterocycles. The van der Waals surface area contributed by atoms with Crippen molar-refractivity contribution < 1.29 is 15.0 Å². The van der Waals surface area contributed by atoms with E-state index in [0.29, 0.717) is 0 Å². The second-order valence-corrected chi connectivity index (χ2v) is 10.6. The van der Waals surface area contributed by atoms with Gasteiger partial charge in [0.25, 0.3) is 0 Å². The van der Waals surface area contributed by atoms with Crippen LogP contribution in [0.4, 0.5) is 0 Å². The summed E-state index contributed by atoms with van der Waals surface area (Å²) < 4.78 is 0. The van der Waals surface area contributed by atoms with Crippen molar-refractivity contribution in [2.45, 2.75) is 91.3 Å². The Morgan fingerprint density at radius 2 is 1.03 bits per heavy atom. The van der Waals surface area contributed by atoms with Crippen LogP contribution in [0.5, 0.6) is 0 Å². The molecule has 0 radical (unpaired) electrons. The second kappa shape index (κ2) is 9.03. The molecule has 0 aliphatic rings. The number of aliphatic hydroxyl groups excluding tert-OH is 2. The molecule has 0 bridgehead atoms. The molecule has 0 spiro atoms. The van der Waals surface area contributed by atoms with E-state index in [1.807, 2.05) is 38.1 Å². The van der Waals surface area contributed by atoms with Crippen LogP contribution in [0.1, 0.15) is 101 Å². The third-order valence-electron chi connectivity index (χ3n) is 5.98. The third kappa shape index (κ3) is 5.59. The zero-order valence-corrected chi connectivity index (χ0v) is 19.8. The zero-order chi connectivity index (χ0) is 22.9. The summed E-state index contributed by atoms with van der Waals surface area (Å²) in [6.07, 6.45) is 0. The highest BCUT2D eigenvalue weighted by Gasteiger charge is 2.26. The lowest BCUT2D eigenvalue weighted by Gasteiger charge is -2.25. The normalized spacial score (nSPS) is 14.5. The van der Waals surface area contributed by atoms with E-state index >= 15 is 0 Å². The third-order valence-corrected chi connectivity index (χ3v) is 5.98. The van der Waals surface area contributed by atoms with Gasteiger partial charge in [0.05, 0.1) is 13.2 Å². The second-order valence-electron chi connectivity index (χ2n) is 10.6. The fraction of sp³-hybridized carbons (Fsp3) is 0.519. The number of Topliss-reactive ketones (excluding diaryl/α,β-unsaturated/α-hetero) is 1. The number of carbonyl (C=O) groups is 1. The average Bonchev–Trinajstić information content (AvgIpc) is 2.69. The molecule has 3 nitrogen and oxygen atoms in total. The molecule has 0 saturated carbocycles. The number of ketones is 1. The molecule has 164 valence electrons. The molecule has 30 heavy (non-hydrogen) atoms.